The molecule has 1 aromatic rings. The van der Waals surface area contributed by atoms with Crippen LogP contribution in [0.2, 0.25) is 0 Å². The van der Waals surface area contributed by atoms with Gasteiger partial charge in [0.05, 0.1) is 11.0 Å². The van der Waals surface area contributed by atoms with Crippen molar-refractivity contribution in [3.05, 3.63) is 39.7 Å². The molecule has 0 saturated carbocycles. The highest BCUT2D eigenvalue weighted by Gasteiger charge is 2.21. The molecule has 0 aliphatic carbocycles. The summed E-state index contributed by atoms with van der Waals surface area (Å²) in [5.41, 5.74) is -0.0973. The molecule has 0 bridgehead atoms. The fourth-order valence-electron chi connectivity index (χ4n) is 2.29. The van der Waals surface area contributed by atoms with E-state index in [1.165, 1.54) is 12.1 Å². The van der Waals surface area contributed by atoms with Crippen molar-refractivity contribution in [2.75, 3.05) is 19.7 Å². The Hall–Kier alpha value is -1.53. The third-order valence-electron chi connectivity index (χ3n) is 3.19. The highest BCUT2D eigenvalue weighted by Crippen LogP contribution is 2.22. The van der Waals surface area contributed by atoms with Crippen molar-refractivity contribution in [3.63, 3.8) is 0 Å². The maximum atomic E-state index is 14.0. The minimum Gasteiger partial charge on any atom is -0.377 e. The Kier molecular flexibility index (Phi) is 4.44. The van der Waals surface area contributed by atoms with Gasteiger partial charge in [-0.2, -0.15) is 4.39 Å². The molecule has 0 N–H and O–H groups in total. The van der Waals surface area contributed by atoms with Crippen LogP contribution in [0, 0.1) is 15.9 Å². The zero-order valence-corrected chi connectivity index (χ0v) is 10.8. The van der Waals surface area contributed by atoms with E-state index in [0.29, 0.717) is 25.3 Å². The lowest BCUT2D eigenvalue weighted by molar-refractivity contribution is -0.387. The van der Waals surface area contributed by atoms with Gasteiger partial charge in [-0.15, -0.1) is 0 Å². The lowest BCUT2D eigenvalue weighted by Crippen LogP contribution is -2.30. The van der Waals surface area contributed by atoms with Gasteiger partial charge in [0.25, 0.3) is 0 Å². The van der Waals surface area contributed by atoms with Crippen LogP contribution in [0.5, 0.6) is 0 Å². The molecule has 0 amide bonds. The number of ether oxygens (including phenoxy) is 1. The minimum atomic E-state index is -0.731. The first kappa shape index (κ1) is 13.9. The van der Waals surface area contributed by atoms with Crippen molar-refractivity contribution < 1.29 is 14.1 Å². The van der Waals surface area contributed by atoms with Gasteiger partial charge in [-0.25, -0.2) is 0 Å². The van der Waals surface area contributed by atoms with Gasteiger partial charge in [0.15, 0.2) is 0 Å². The molecule has 1 aromatic carbocycles. The molecule has 1 aliphatic heterocycles. The van der Waals surface area contributed by atoms with E-state index in [2.05, 4.69) is 4.90 Å². The average molecular weight is 268 g/mol. The Morgan fingerprint density at radius 1 is 1.58 bits per heavy atom. The number of hydrogen-bond donors (Lipinski definition) is 0. The molecule has 2 rings (SSSR count). The van der Waals surface area contributed by atoms with Crippen LogP contribution in [-0.2, 0) is 11.3 Å². The lowest BCUT2D eigenvalue weighted by atomic mass is 10.1. The molecule has 1 saturated heterocycles. The molecule has 1 unspecified atom stereocenters. The smallest absolute Gasteiger partial charge is 0.305 e. The standard InChI is InChI=1S/C13H17FN2O3/c1-10-8-15(6-3-7-19-10)9-11-4-2-5-12(13(11)14)16(17)18/h2,4-5,10H,3,6-9H2,1H3. The summed E-state index contributed by atoms with van der Waals surface area (Å²) in [6.07, 6.45) is 0.991. The predicted molar refractivity (Wildman–Crippen MR) is 68.4 cm³/mol. The third kappa shape index (κ3) is 3.48. The molecule has 6 heteroatoms. The normalized spacial score (nSPS) is 21.1. The predicted octanol–water partition coefficient (Wildman–Crippen LogP) is 2.34. The highest BCUT2D eigenvalue weighted by molar-refractivity contribution is 5.36. The molecule has 104 valence electrons. The van der Waals surface area contributed by atoms with Crippen LogP contribution in [0.3, 0.4) is 0 Å². The summed E-state index contributed by atoms with van der Waals surface area (Å²) in [7, 11) is 0. The zero-order chi connectivity index (χ0) is 13.8. The Morgan fingerprint density at radius 2 is 2.37 bits per heavy atom. The maximum Gasteiger partial charge on any atom is 0.305 e. The number of nitrogens with zero attached hydrogens (tertiary/aromatic N) is 2. The van der Waals surface area contributed by atoms with Crippen molar-refractivity contribution in [2.24, 2.45) is 0 Å². The quantitative estimate of drug-likeness (QED) is 0.623. The molecule has 0 radical (unpaired) electrons. The second kappa shape index (κ2) is 6.08. The SMILES string of the molecule is CC1CN(Cc2cccc([N+](=O)[O-])c2F)CCCO1. The van der Waals surface area contributed by atoms with E-state index < -0.39 is 16.4 Å². The number of rotatable bonds is 3. The molecule has 1 atom stereocenters. The van der Waals surface area contributed by atoms with Gasteiger partial charge in [0, 0.05) is 37.9 Å². The lowest BCUT2D eigenvalue weighted by Gasteiger charge is -2.21. The van der Waals surface area contributed by atoms with Gasteiger partial charge in [-0.1, -0.05) is 12.1 Å². The van der Waals surface area contributed by atoms with Crippen molar-refractivity contribution in [1.29, 1.82) is 0 Å². The molecule has 19 heavy (non-hydrogen) atoms. The van der Waals surface area contributed by atoms with Crippen LogP contribution in [0.4, 0.5) is 10.1 Å². The van der Waals surface area contributed by atoms with E-state index in [0.717, 1.165) is 13.0 Å². The molecule has 1 fully saturated rings. The van der Waals surface area contributed by atoms with Gasteiger partial charge in [0.2, 0.25) is 5.82 Å². The van der Waals surface area contributed by atoms with Crippen LogP contribution in [-0.4, -0.2) is 35.6 Å². The van der Waals surface area contributed by atoms with E-state index >= 15 is 0 Å². The minimum absolute atomic E-state index is 0.101. The molecular formula is C13H17FN2O3. The van der Waals surface area contributed by atoms with Crippen LogP contribution >= 0.6 is 0 Å². The number of hydrogen-bond acceptors (Lipinski definition) is 4. The first-order chi connectivity index (χ1) is 9.08. The van der Waals surface area contributed by atoms with Crippen LogP contribution in [0.1, 0.15) is 18.9 Å². The monoisotopic (exact) mass is 268 g/mol. The number of nitro benzene ring substituents is 1. The molecule has 5 nitrogen and oxygen atoms in total. The second-order valence-corrected chi connectivity index (χ2v) is 4.78. The zero-order valence-electron chi connectivity index (χ0n) is 10.8. The number of nitro groups is 1. The molecule has 1 aliphatic rings. The maximum absolute atomic E-state index is 14.0. The topological polar surface area (TPSA) is 55.6 Å². The first-order valence-corrected chi connectivity index (χ1v) is 6.33. The van der Waals surface area contributed by atoms with Gasteiger partial charge >= 0.3 is 5.69 Å². The largest absolute Gasteiger partial charge is 0.377 e. The summed E-state index contributed by atoms with van der Waals surface area (Å²) in [6.45, 7) is 4.58. The summed E-state index contributed by atoms with van der Waals surface area (Å²) < 4.78 is 19.5. The molecule has 0 aromatic heterocycles. The average Bonchev–Trinajstić information content (AvgIpc) is 2.56. The third-order valence-corrected chi connectivity index (χ3v) is 3.19. The van der Waals surface area contributed by atoms with Crippen molar-refractivity contribution in [3.8, 4) is 0 Å². The molecule has 0 spiro atoms. The summed E-state index contributed by atoms with van der Waals surface area (Å²) >= 11 is 0. The van der Waals surface area contributed by atoms with E-state index in [9.17, 15) is 14.5 Å². The fourth-order valence-corrected chi connectivity index (χ4v) is 2.29. The Balaban J connectivity index is 2.14. The molecule has 1 heterocycles. The van der Waals surface area contributed by atoms with Crippen molar-refractivity contribution in [2.45, 2.75) is 26.0 Å². The van der Waals surface area contributed by atoms with Crippen molar-refractivity contribution >= 4 is 5.69 Å². The summed E-state index contributed by atoms with van der Waals surface area (Å²) in [5.74, 6) is -0.731. The second-order valence-electron chi connectivity index (χ2n) is 4.78. The van der Waals surface area contributed by atoms with E-state index in [-0.39, 0.29) is 6.10 Å². The van der Waals surface area contributed by atoms with Crippen LogP contribution in [0.25, 0.3) is 0 Å². The van der Waals surface area contributed by atoms with E-state index in [1.54, 1.807) is 6.07 Å². The summed E-state index contributed by atoms with van der Waals surface area (Å²) in [5, 5.41) is 10.7. The summed E-state index contributed by atoms with van der Waals surface area (Å²) in [6, 6.07) is 4.31. The Labute approximate surface area is 111 Å². The van der Waals surface area contributed by atoms with E-state index in [1.807, 2.05) is 6.92 Å². The Morgan fingerprint density at radius 3 is 3.11 bits per heavy atom. The fraction of sp³-hybridized carbons (Fsp3) is 0.538. The van der Waals surface area contributed by atoms with Crippen molar-refractivity contribution in [1.82, 2.24) is 4.90 Å². The Bertz CT molecular complexity index is 467. The van der Waals surface area contributed by atoms with Gasteiger partial charge in [0.1, 0.15) is 0 Å². The number of halogens is 1. The van der Waals surface area contributed by atoms with Gasteiger partial charge < -0.3 is 4.74 Å². The first-order valence-electron chi connectivity index (χ1n) is 6.33. The summed E-state index contributed by atoms with van der Waals surface area (Å²) in [4.78, 5) is 12.1. The van der Waals surface area contributed by atoms with Gasteiger partial charge in [-0.3, -0.25) is 15.0 Å². The highest BCUT2D eigenvalue weighted by atomic mass is 19.1. The molecular weight excluding hydrogens is 251 g/mol. The van der Waals surface area contributed by atoms with Crippen LogP contribution < -0.4 is 0 Å². The van der Waals surface area contributed by atoms with E-state index in [4.69, 9.17) is 4.74 Å². The van der Waals surface area contributed by atoms with Crippen LogP contribution in [0.15, 0.2) is 18.2 Å². The van der Waals surface area contributed by atoms with Gasteiger partial charge in [-0.05, 0) is 13.3 Å². The number of benzene rings is 1.